The zero-order valence-corrected chi connectivity index (χ0v) is 8.00. The van der Waals surface area contributed by atoms with E-state index in [1.54, 1.807) is 6.92 Å². The van der Waals surface area contributed by atoms with Crippen LogP contribution in [-0.2, 0) is 14.3 Å². The number of Topliss-reactive ketones (excluding diaryl/α,β-unsaturated/α-hetero) is 1. The lowest BCUT2D eigenvalue weighted by Crippen LogP contribution is -2.13. The van der Waals surface area contributed by atoms with Gasteiger partial charge in [-0.05, 0) is 25.7 Å². The molecule has 1 aliphatic rings. The van der Waals surface area contributed by atoms with Crippen LogP contribution in [0.15, 0.2) is 11.6 Å². The molecule has 13 heavy (non-hydrogen) atoms. The fraction of sp³-hybridized carbons (Fsp3) is 0.600. The van der Waals surface area contributed by atoms with Gasteiger partial charge in [-0.3, -0.25) is 0 Å². The van der Waals surface area contributed by atoms with Crippen LogP contribution in [-0.4, -0.2) is 18.9 Å². The molecule has 0 saturated carbocycles. The number of rotatable bonds is 3. The lowest BCUT2D eigenvalue weighted by molar-refractivity contribution is -0.136. The molecule has 3 nitrogen and oxygen atoms in total. The van der Waals surface area contributed by atoms with Crippen LogP contribution in [0.1, 0.15) is 26.2 Å². The molecule has 0 amide bonds. The molecular weight excluding hydrogens is 168 g/mol. The largest absolute Gasteiger partial charge is 0.466 e. The Morgan fingerprint density at radius 1 is 1.62 bits per heavy atom. The molecule has 1 aliphatic carbocycles. The van der Waals surface area contributed by atoms with Crippen LogP contribution in [0.3, 0.4) is 0 Å². The molecule has 1 unspecified atom stereocenters. The minimum absolute atomic E-state index is 0.0879. The van der Waals surface area contributed by atoms with Gasteiger partial charge >= 0.3 is 5.97 Å². The van der Waals surface area contributed by atoms with E-state index in [-0.39, 0.29) is 17.7 Å². The molecule has 0 fully saturated rings. The molecule has 3 heteroatoms. The molecule has 0 spiro atoms. The third kappa shape index (κ3) is 2.41. The molecule has 0 aromatic heterocycles. The Morgan fingerprint density at radius 2 is 2.31 bits per heavy atom. The summed E-state index contributed by atoms with van der Waals surface area (Å²) in [6, 6.07) is 0. The molecule has 0 aromatic carbocycles. The van der Waals surface area contributed by atoms with E-state index in [2.05, 4.69) is 4.74 Å². The zero-order chi connectivity index (χ0) is 9.84. The SMILES string of the molecule is COC(=O)C1=CCCC1CC(C)=O. The number of hydrogen-bond donors (Lipinski definition) is 0. The van der Waals surface area contributed by atoms with Gasteiger partial charge in [-0.2, -0.15) is 0 Å². The molecule has 0 N–H and O–H groups in total. The van der Waals surface area contributed by atoms with Gasteiger partial charge in [-0.1, -0.05) is 6.08 Å². The number of esters is 1. The maximum atomic E-state index is 11.2. The molecular formula is C10H14O3. The average Bonchev–Trinajstić information content (AvgIpc) is 2.50. The van der Waals surface area contributed by atoms with Gasteiger partial charge in [0.05, 0.1) is 7.11 Å². The van der Waals surface area contributed by atoms with Gasteiger partial charge in [0.1, 0.15) is 5.78 Å². The summed E-state index contributed by atoms with van der Waals surface area (Å²) < 4.78 is 4.63. The van der Waals surface area contributed by atoms with Crippen molar-refractivity contribution in [2.75, 3.05) is 7.11 Å². The Hall–Kier alpha value is -1.12. The monoisotopic (exact) mass is 182 g/mol. The minimum atomic E-state index is -0.288. The number of hydrogen-bond acceptors (Lipinski definition) is 3. The highest BCUT2D eigenvalue weighted by molar-refractivity contribution is 5.90. The fourth-order valence-corrected chi connectivity index (χ4v) is 1.69. The van der Waals surface area contributed by atoms with E-state index in [1.807, 2.05) is 6.08 Å². The number of allylic oxidation sites excluding steroid dienone is 1. The summed E-state index contributed by atoms with van der Waals surface area (Å²) in [6.07, 6.45) is 4.10. The first kappa shape index (κ1) is 9.96. The molecule has 1 atom stereocenters. The number of carbonyl (C=O) groups excluding carboxylic acids is 2. The third-order valence-electron chi connectivity index (χ3n) is 2.27. The van der Waals surface area contributed by atoms with E-state index in [0.29, 0.717) is 12.0 Å². The summed E-state index contributed by atoms with van der Waals surface area (Å²) >= 11 is 0. The summed E-state index contributed by atoms with van der Waals surface area (Å²) in [5.74, 6) is -0.0737. The van der Waals surface area contributed by atoms with Crippen LogP contribution in [0.5, 0.6) is 0 Å². The predicted molar refractivity (Wildman–Crippen MR) is 48.1 cm³/mol. The lowest BCUT2D eigenvalue weighted by atomic mass is 9.96. The molecule has 72 valence electrons. The smallest absolute Gasteiger partial charge is 0.333 e. The van der Waals surface area contributed by atoms with Crippen LogP contribution in [0.25, 0.3) is 0 Å². The van der Waals surface area contributed by atoms with E-state index in [1.165, 1.54) is 7.11 Å². The van der Waals surface area contributed by atoms with E-state index in [0.717, 1.165) is 12.8 Å². The first-order valence-electron chi connectivity index (χ1n) is 4.43. The Balaban J connectivity index is 2.62. The van der Waals surface area contributed by atoms with Crippen molar-refractivity contribution in [1.82, 2.24) is 0 Å². The molecule has 0 aliphatic heterocycles. The van der Waals surface area contributed by atoms with Gasteiger partial charge < -0.3 is 9.53 Å². The predicted octanol–water partition coefficient (Wildman–Crippen LogP) is 1.47. The van der Waals surface area contributed by atoms with E-state index in [4.69, 9.17) is 0 Å². The Labute approximate surface area is 77.8 Å². The molecule has 0 aromatic rings. The van der Waals surface area contributed by atoms with Crippen molar-refractivity contribution < 1.29 is 14.3 Å². The average molecular weight is 182 g/mol. The summed E-state index contributed by atoms with van der Waals surface area (Å²) in [7, 11) is 1.37. The minimum Gasteiger partial charge on any atom is -0.466 e. The number of carbonyl (C=O) groups is 2. The molecule has 0 saturated heterocycles. The summed E-state index contributed by atoms with van der Waals surface area (Å²) in [6.45, 7) is 1.55. The summed E-state index contributed by atoms with van der Waals surface area (Å²) in [5.41, 5.74) is 0.678. The van der Waals surface area contributed by atoms with Crippen molar-refractivity contribution in [1.29, 1.82) is 0 Å². The van der Waals surface area contributed by atoms with E-state index in [9.17, 15) is 9.59 Å². The second kappa shape index (κ2) is 4.21. The third-order valence-corrected chi connectivity index (χ3v) is 2.27. The standard InChI is InChI=1S/C10H14O3/c1-7(11)6-8-4-3-5-9(8)10(12)13-2/h5,8H,3-4,6H2,1-2H3. The normalized spacial score (nSPS) is 21.1. The van der Waals surface area contributed by atoms with Crippen molar-refractivity contribution in [2.24, 2.45) is 5.92 Å². The molecule has 0 heterocycles. The van der Waals surface area contributed by atoms with E-state index < -0.39 is 0 Å². The van der Waals surface area contributed by atoms with Crippen molar-refractivity contribution in [2.45, 2.75) is 26.2 Å². The molecule has 0 bridgehead atoms. The van der Waals surface area contributed by atoms with Gasteiger partial charge in [-0.15, -0.1) is 0 Å². The number of methoxy groups -OCH3 is 1. The van der Waals surface area contributed by atoms with Crippen LogP contribution >= 0.6 is 0 Å². The van der Waals surface area contributed by atoms with Gasteiger partial charge in [-0.25, -0.2) is 4.79 Å². The quantitative estimate of drug-likeness (QED) is 0.621. The molecule has 0 radical (unpaired) electrons. The first-order chi connectivity index (χ1) is 6.15. The lowest BCUT2D eigenvalue weighted by Gasteiger charge is -2.10. The highest BCUT2D eigenvalue weighted by atomic mass is 16.5. The zero-order valence-electron chi connectivity index (χ0n) is 8.00. The Morgan fingerprint density at radius 3 is 2.85 bits per heavy atom. The van der Waals surface area contributed by atoms with Crippen LogP contribution in [0.2, 0.25) is 0 Å². The Bertz CT molecular complexity index is 253. The van der Waals surface area contributed by atoms with Crippen molar-refractivity contribution in [3.8, 4) is 0 Å². The van der Waals surface area contributed by atoms with Gasteiger partial charge in [0.2, 0.25) is 0 Å². The summed E-state index contributed by atoms with van der Waals surface area (Å²) in [4.78, 5) is 22.1. The van der Waals surface area contributed by atoms with Crippen molar-refractivity contribution in [3.63, 3.8) is 0 Å². The van der Waals surface area contributed by atoms with Crippen LogP contribution < -0.4 is 0 Å². The first-order valence-corrected chi connectivity index (χ1v) is 4.43. The Kier molecular flexibility index (Phi) is 3.23. The second-order valence-corrected chi connectivity index (χ2v) is 3.33. The van der Waals surface area contributed by atoms with Crippen molar-refractivity contribution >= 4 is 11.8 Å². The van der Waals surface area contributed by atoms with Gasteiger partial charge in [0.15, 0.2) is 0 Å². The highest BCUT2D eigenvalue weighted by Gasteiger charge is 2.26. The van der Waals surface area contributed by atoms with Crippen LogP contribution in [0.4, 0.5) is 0 Å². The van der Waals surface area contributed by atoms with Crippen molar-refractivity contribution in [3.05, 3.63) is 11.6 Å². The van der Waals surface area contributed by atoms with E-state index >= 15 is 0 Å². The maximum Gasteiger partial charge on any atom is 0.333 e. The van der Waals surface area contributed by atoms with Gasteiger partial charge in [0, 0.05) is 12.0 Å². The number of ether oxygens (including phenoxy) is 1. The maximum absolute atomic E-state index is 11.2. The number of ketones is 1. The van der Waals surface area contributed by atoms with Crippen LogP contribution in [0, 0.1) is 5.92 Å². The summed E-state index contributed by atoms with van der Waals surface area (Å²) in [5, 5.41) is 0. The molecule has 1 rings (SSSR count). The van der Waals surface area contributed by atoms with Gasteiger partial charge in [0.25, 0.3) is 0 Å². The highest BCUT2D eigenvalue weighted by Crippen LogP contribution is 2.29. The fourth-order valence-electron chi connectivity index (χ4n) is 1.69. The topological polar surface area (TPSA) is 43.4 Å². The second-order valence-electron chi connectivity index (χ2n) is 3.33.